The highest BCUT2D eigenvalue weighted by Gasteiger charge is 2.56. The van der Waals surface area contributed by atoms with Crippen LogP contribution in [0.1, 0.15) is 26.2 Å². The van der Waals surface area contributed by atoms with Crippen molar-refractivity contribution in [3.05, 3.63) is 0 Å². The van der Waals surface area contributed by atoms with E-state index in [4.69, 9.17) is 5.11 Å². The molecule has 1 aliphatic rings. The Bertz CT molecular complexity index is 223. The zero-order chi connectivity index (χ0) is 10.3. The third-order valence-corrected chi connectivity index (χ3v) is 2.78. The second-order valence-electron chi connectivity index (χ2n) is 3.84. The summed E-state index contributed by atoms with van der Waals surface area (Å²) in [6, 6.07) is 0. The fourth-order valence-corrected chi connectivity index (χ4v) is 1.56. The van der Waals surface area contributed by atoms with Crippen LogP contribution in [-0.2, 0) is 4.79 Å². The van der Waals surface area contributed by atoms with Crippen LogP contribution in [0.3, 0.4) is 0 Å². The van der Waals surface area contributed by atoms with Gasteiger partial charge in [0.1, 0.15) is 6.10 Å². The van der Waals surface area contributed by atoms with Gasteiger partial charge in [-0.1, -0.05) is 13.3 Å². The molecule has 1 fully saturated rings. The molecule has 0 aliphatic heterocycles. The minimum Gasteiger partial charge on any atom is -0.477 e. The molecule has 0 aromatic carbocycles. The molecular weight excluding hydrogens is 182 g/mol. The lowest BCUT2D eigenvalue weighted by molar-refractivity contribution is -0.204. The van der Waals surface area contributed by atoms with Gasteiger partial charge in [0.2, 0.25) is 0 Å². The second kappa shape index (κ2) is 2.90. The van der Waals surface area contributed by atoms with Crippen molar-refractivity contribution in [2.75, 3.05) is 0 Å². The van der Waals surface area contributed by atoms with E-state index >= 15 is 0 Å². The highest BCUT2D eigenvalue weighted by atomic mass is 19.3. The topological polar surface area (TPSA) is 57.5 Å². The Morgan fingerprint density at radius 1 is 1.54 bits per heavy atom. The number of hydrogen-bond donors (Lipinski definition) is 2. The predicted octanol–water partition coefficient (Wildman–Crippen LogP) is 1.26. The van der Waals surface area contributed by atoms with Crippen LogP contribution in [0.4, 0.5) is 8.78 Å². The lowest BCUT2D eigenvalue weighted by Gasteiger charge is -2.43. The minimum absolute atomic E-state index is 0.455. The van der Waals surface area contributed by atoms with Crippen molar-refractivity contribution in [1.82, 2.24) is 0 Å². The molecule has 76 valence electrons. The van der Waals surface area contributed by atoms with Crippen LogP contribution in [0.5, 0.6) is 0 Å². The molecule has 1 rings (SSSR count). The normalized spacial score (nSPS) is 23.4. The number of rotatable bonds is 3. The number of carboxylic acid groups (broad SMARTS) is 1. The van der Waals surface area contributed by atoms with E-state index in [1.807, 2.05) is 0 Å². The van der Waals surface area contributed by atoms with Crippen LogP contribution in [0.2, 0.25) is 0 Å². The maximum Gasteiger partial charge on any atom is 0.377 e. The van der Waals surface area contributed by atoms with Crippen molar-refractivity contribution in [3.8, 4) is 0 Å². The van der Waals surface area contributed by atoms with Crippen LogP contribution in [0, 0.1) is 5.41 Å². The standard InChI is InChI=1S/C8H12F2O3/c1-7(3-2-4-7)5(11)8(9,10)6(12)13/h5,11H,2-4H2,1H3,(H,12,13). The van der Waals surface area contributed by atoms with Crippen molar-refractivity contribution in [1.29, 1.82) is 0 Å². The molecular formula is C8H12F2O3. The lowest BCUT2D eigenvalue weighted by atomic mass is 9.65. The molecule has 0 aromatic heterocycles. The molecule has 1 saturated carbocycles. The number of carbonyl (C=O) groups is 1. The zero-order valence-electron chi connectivity index (χ0n) is 7.26. The summed E-state index contributed by atoms with van der Waals surface area (Å²) < 4.78 is 25.6. The van der Waals surface area contributed by atoms with Crippen LogP contribution >= 0.6 is 0 Å². The van der Waals surface area contributed by atoms with Crippen molar-refractivity contribution in [3.63, 3.8) is 0 Å². The van der Waals surface area contributed by atoms with Gasteiger partial charge < -0.3 is 10.2 Å². The quantitative estimate of drug-likeness (QED) is 0.711. The lowest BCUT2D eigenvalue weighted by Crippen LogP contribution is -2.53. The van der Waals surface area contributed by atoms with Crippen molar-refractivity contribution in [2.45, 2.75) is 38.2 Å². The number of halogens is 2. The number of aliphatic hydroxyl groups excluding tert-OH is 1. The molecule has 1 atom stereocenters. The summed E-state index contributed by atoms with van der Waals surface area (Å²) in [4.78, 5) is 10.1. The third kappa shape index (κ3) is 1.52. The molecule has 2 N–H and O–H groups in total. The van der Waals surface area contributed by atoms with Crippen molar-refractivity contribution < 1.29 is 23.8 Å². The van der Waals surface area contributed by atoms with E-state index in [9.17, 15) is 18.7 Å². The Balaban J connectivity index is 2.76. The number of aliphatic hydroxyl groups is 1. The van der Waals surface area contributed by atoms with Crippen LogP contribution in [-0.4, -0.2) is 28.2 Å². The molecule has 13 heavy (non-hydrogen) atoms. The van der Waals surface area contributed by atoms with Gasteiger partial charge in [0.05, 0.1) is 0 Å². The molecule has 0 heterocycles. The average molecular weight is 194 g/mol. The molecule has 1 unspecified atom stereocenters. The van der Waals surface area contributed by atoms with E-state index in [2.05, 4.69) is 0 Å². The Kier molecular flexibility index (Phi) is 2.32. The number of hydrogen-bond acceptors (Lipinski definition) is 2. The van der Waals surface area contributed by atoms with Crippen molar-refractivity contribution in [2.24, 2.45) is 5.41 Å². The number of carboxylic acids is 1. The summed E-state index contributed by atoms with van der Waals surface area (Å²) >= 11 is 0. The molecule has 0 spiro atoms. The minimum atomic E-state index is -4.03. The molecule has 5 heteroatoms. The first-order chi connectivity index (χ1) is 5.81. The number of alkyl halides is 2. The van der Waals surface area contributed by atoms with Gasteiger partial charge in [0.15, 0.2) is 0 Å². The van der Waals surface area contributed by atoms with E-state index < -0.39 is 23.4 Å². The third-order valence-electron chi connectivity index (χ3n) is 2.78. The predicted molar refractivity (Wildman–Crippen MR) is 40.5 cm³/mol. The summed E-state index contributed by atoms with van der Waals surface area (Å²) in [5.74, 6) is -6.29. The summed E-state index contributed by atoms with van der Waals surface area (Å²) in [6.07, 6.45) is -0.400. The van der Waals surface area contributed by atoms with Crippen molar-refractivity contribution >= 4 is 5.97 Å². The van der Waals surface area contributed by atoms with Crippen LogP contribution in [0.25, 0.3) is 0 Å². The molecule has 3 nitrogen and oxygen atoms in total. The molecule has 0 saturated heterocycles. The maximum absolute atomic E-state index is 12.8. The van der Waals surface area contributed by atoms with Gasteiger partial charge >= 0.3 is 11.9 Å². The highest BCUT2D eigenvalue weighted by Crippen LogP contribution is 2.47. The van der Waals surface area contributed by atoms with E-state index in [-0.39, 0.29) is 0 Å². The maximum atomic E-state index is 12.8. The summed E-state index contributed by atoms with van der Waals surface area (Å²) in [5, 5.41) is 17.4. The van der Waals surface area contributed by atoms with Gasteiger partial charge in [0, 0.05) is 5.41 Å². The highest BCUT2D eigenvalue weighted by molar-refractivity contribution is 5.76. The molecule has 0 amide bonds. The van der Waals surface area contributed by atoms with Gasteiger partial charge in [-0.05, 0) is 12.8 Å². The van der Waals surface area contributed by atoms with E-state index in [0.29, 0.717) is 12.8 Å². The first-order valence-electron chi connectivity index (χ1n) is 4.10. The van der Waals surface area contributed by atoms with Gasteiger partial charge in [-0.15, -0.1) is 0 Å². The average Bonchev–Trinajstić information content (AvgIpc) is 1.98. The summed E-state index contributed by atoms with van der Waals surface area (Å²) in [5.41, 5.74) is -0.929. The van der Waals surface area contributed by atoms with Crippen LogP contribution < -0.4 is 0 Å². The summed E-state index contributed by atoms with van der Waals surface area (Å²) in [6.45, 7) is 1.48. The SMILES string of the molecule is CC1(C(O)C(F)(F)C(=O)O)CCC1. The Hall–Kier alpha value is -0.710. The molecule has 0 aromatic rings. The van der Waals surface area contributed by atoms with Gasteiger partial charge in [-0.2, -0.15) is 8.78 Å². The summed E-state index contributed by atoms with van der Waals surface area (Å²) in [7, 11) is 0. The fraction of sp³-hybridized carbons (Fsp3) is 0.875. The number of aliphatic carboxylic acids is 1. The second-order valence-corrected chi connectivity index (χ2v) is 3.84. The van der Waals surface area contributed by atoms with Crippen LogP contribution in [0.15, 0.2) is 0 Å². The molecule has 1 aliphatic carbocycles. The monoisotopic (exact) mass is 194 g/mol. The first-order valence-corrected chi connectivity index (χ1v) is 4.10. The smallest absolute Gasteiger partial charge is 0.377 e. The first kappa shape index (κ1) is 10.4. The fourth-order valence-electron chi connectivity index (χ4n) is 1.56. The Labute approximate surface area is 74.4 Å². The van der Waals surface area contributed by atoms with Gasteiger partial charge in [0.25, 0.3) is 0 Å². The zero-order valence-corrected chi connectivity index (χ0v) is 7.26. The largest absolute Gasteiger partial charge is 0.477 e. The van der Waals surface area contributed by atoms with E-state index in [1.54, 1.807) is 0 Å². The molecule has 0 radical (unpaired) electrons. The van der Waals surface area contributed by atoms with Gasteiger partial charge in [-0.25, -0.2) is 4.79 Å². The van der Waals surface area contributed by atoms with E-state index in [0.717, 1.165) is 6.42 Å². The van der Waals surface area contributed by atoms with Gasteiger partial charge in [-0.3, -0.25) is 0 Å². The van der Waals surface area contributed by atoms with E-state index in [1.165, 1.54) is 6.92 Å². The molecule has 0 bridgehead atoms. The Morgan fingerprint density at radius 2 is 2.00 bits per heavy atom. The Morgan fingerprint density at radius 3 is 2.23 bits per heavy atom.